The third kappa shape index (κ3) is 4.70. The van der Waals surface area contributed by atoms with E-state index in [9.17, 15) is 4.79 Å². The van der Waals surface area contributed by atoms with E-state index in [1.54, 1.807) is 41.6 Å². The molecule has 9 nitrogen and oxygen atoms in total. The molecule has 162 valence electrons. The molecule has 10 heteroatoms. The minimum Gasteiger partial charge on any atom is -0.344 e. The van der Waals surface area contributed by atoms with Crippen molar-refractivity contribution in [3.63, 3.8) is 0 Å². The van der Waals surface area contributed by atoms with Crippen LogP contribution in [0.2, 0.25) is 0 Å². The minimum atomic E-state index is -0.312. The van der Waals surface area contributed by atoms with Crippen molar-refractivity contribution >= 4 is 21.8 Å². The van der Waals surface area contributed by atoms with Crippen LogP contribution in [0.25, 0.3) is 16.9 Å². The Morgan fingerprint density at radius 2 is 1.91 bits per heavy atom. The molecule has 0 fully saturated rings. The highest BCUT2D eigenvalue weighted by Gasteiger charge is 2.18. The molecule has 0 radical (unpaired) electrons. The van der Waals surface area contributed by atoms with Crippen molar-refractivity contribution in [1.82, 2.24) is 40.5 Å². The lowest BCUT2D eigenvalue weighted by atomic mass is 10.0. The van der Waals surface area contributed by atoms with Crippen LogP contribution in [-0.2, 0) is 0 Å². The van der Waals surface area contributed by atoms with E-state index < -0.39 is 0 Å². The van der Waals surface area contributed by atoms with Crippen molar-refractivity contribution in [2.24, 2.45) is 0 Å². The quantitative estimate of drug-likeness (QED) is 0.434. The molecule has 4 rings (SSSR count). The molecule has 0 bridgehead atoms. The molecule has 0 saturated heterocycles. The Kier molecular flexibility index (Phi) is 6.31. The molecule has 1 unspecified atom stereocenters. The van der Waals surface area contributed by atoms with E-state index >= 15 is 0 Å². The maximum absolute atomic E-state index is 13.2. The van der Waals surface area contributed by atoms with E-state index in [1.165, 1.54) is 0 Å². The van der Waals surface area contributed by atoms with Gasteiger partial charge >= 0.3 is 0 Å². The van der Waals surface area contributed by atoms with Gasteiger partial charge in [-0.15, -0.1) is 5.10 Å². The minimum absolute atomic E-state index is 0.105. The summed E-state index contributed by atoms with van der Waals surface area (Å²) in [6, 6.07) is 8.97. The Balaban J connectivity index is 1.75. The number of aromatic nitrogens is 7. The third-order valence-corrected chi connectivity index (χ3v) is 5.30. The highest BCUT2D eigenvalue weighted by Crippen LogP contribution is 2.25. The average Bonchev–Trinajstić information content (AvgIpc) is 3.30. The summed E-state index contributed by atoms with van der Waals surface area (Å²) < 4.78 is 2.52. The monoisotopic (exact) mass is 492 g/mol. The fourth-order valence-electron chi connectivity index (χ4n) is 3.19. The largest absolute Gasteiger partial charge is 0.344 e. The Bertz CT molecular complexity index is 1220. The lowest BCUT2D eigenvalue weighted by molar-refractivity contribution is 0.0939. The summed E-state index contributed by atoms with van der Waals surface area (Å²) in [6.45, 7) is 5.89. The van der Waals surface area contributed by atoms with Gasteiger partial charge in [0, 0.05) is 40.1 Å². The standard InChI is InChI=1S/C22H21BrN8O/c1-13(2)21-28-29-30-31(21)18-9-15(19-5-4-17(23)11-26-19)8-16(10-18)22(32)27-14(3)20-12-24-6-7-25-20/h4-14H,1-3H3,(H,27,32). The second-order valence-corrected chi connectivity index (χ2v) is 8.47. The van der Waals surface area contributed by atoms with E-state index in [2.05, 4.69) is 51.7 Å². The zero-order valence-corrected chi connectivity index (χ0v) is 19.4. The highest BCUT2D eigenvalue weighted by atomic mass is 79.9. The normalized spacial score (nSPS) is 12.0. The van der Waals surface area contributed by atoms with Gasteiger partial charge in [0.2, 0.25) is 0 Å². The van der Waals surface area contributed by atoms with Crippen LogP contribution < -0.4 is 5.32 Å². The molecule has 0 aliphatic carbocycles. The summed E-state index contributed by atoms with van der Waals surface area (Å²) in [5.41, 5.74) is 3.32. The molecule has 3 aromatic heterocycles. The number of hydrogen-bond donors (Lipinski definition) is 1. The van der Waals surface area contributed by atoms with Crippen LogP contribution in [0.4, 0.5) is 0 Å². The van der Waals surface area contributed by atoms with Crippen molar-refractivity contribution in [2.45, 2.75) is 32.7 Å². The predicted molar refractivity (Wildman–Crippen MR) is 122 cm³/mol. The van der Waals surface area contributed by atoms with Crippen LogP contribution in [0.1, 0.15) is 54.6 Å². The van der Waals surface area contributed by atoms with Crippen LogP contribution in [0.3, 0.4) is 0 Å². The van der Waals surface area contributed by atoms with Crippen molar-refractivity contribution in [3.05, 3.63) is 76.7 Å². The molecule has 1 amide bonds. The van der Waals surface area contributed by atoms with Gasteiger partial charge in [-0.25, -0.2) is 0 Å². The Labute approximate surface area is 193 Å². The first-order valence-electron chi connectivity index (χ1n) is 10.0. The lowest BCUT2D eigenvalue weighted by Crippen LogP contribution is -2.27. The van der Waals surface area contributed by atoms with Gasteiger partial charge in [-0.1, -0.05) is 13.8 Å². The molecular weight excluding hydrogens is 472 g/mol. The van der Waals surface area contributed by atoms with Gasteiger partial charge in [-0.05, 0) is 63.6 Å². The SMILES string of the molecule is CC(C)c1nnnn1-c1cc(C(=O)NC(C)c2cnccn2)cc(-c2ccc(Br)cn2)c1. The summed E-state index contributed by atoms with van der Waals surface area (Å²) in [5, 5.41) is 15.1. The predicted octanol–water partition coefficient (Wildman–Crippen LogP) is 3.89. The second-order valence-electron chi connectivity index (χ2n) is 7.56. The van der Waals surface area contributed by atoms with Gasteiger partial charge in [0.15, 0.2) is 5.82 Å². The molecule has 0 aliphatic rings. The number of nitrogens with zero attached hydrogens (tertiary/aromatic N) is 7. The maximum atomic E-state index is 13.2. The summed E-state index contributed by atoms with van der Waals surface area (Å²) in [7, 11) is 0. The van der Waals surface area contributed by atoms with E-state index in [-0.39, 0.29) is 17.9 Å². The molecule has 4 aromatic rings. The average molecular weight is 493 g/mol. The molecule has 1 N–H and O–H groups in total. The second kappa shape index (κ2) is 9.31. The number of amides is 1. The topological polar surface area (TPSA) is 111 Å². The summed E-state index contributed by atoms with van der Waals surface area (Å²) in [5.74, 6) is 0.557. The van der Waals surface area contributed by atoms with Gasteiger partial charge in [0.25, 0.3) is 5.91 Å². The number of rotatable bonds is 6. The number of carbonyl (C=O) groups is 1. The van der Waals surface area contributed by atoms with Crippen LogP contribution in [0.5, 0.6) is 0 Å². The van der Waals surface area contributed by atoms with Crippen molar-refractivity contribution < 1.29 is 4.79 Å². The zero-order chi connectivity index (χ0) is 22.7. The molecule has 1 aromatic carbocycles. The summed E-state index contributed by atoms with van der Waals surface area (Å²) >= 11 is 3.41. The first kappa shape index (κ1) is 21.7. The van der Waals surface area contributed by atoms with Gasteiger partial charge in [0.1, 0.15) is 0 Å². The Morgan fingerprint density at radius 3 is 2.59 bits per heavy atom. The Morgan fingerprint density at radius 1 is 1.06 bits per heavy atom. The number of carbonyl (C=O) groups excluding carboxylic acids is 1. The molecule has 0 aliphatic heterocycles. The fourth-order valence-corrected chi connectivity index (χ4v) is 3.42. The molecule has 1 atom stereocenters. The maximum Gasteiger partial charge on any atom is 0.251 e. The number of hydrogen-bond acceptors (Lipinski definition) is 7. The molecule has 0 spiro atoms. The van der Waals surface area contributed by atoms with Crippen molar-refractivity contribution in [2.75, 3.05) is 0 Å². The van der Waals surface area contributed by atoms with E-state index in [0.717, 1.165) is 15.7 Å². The highest BCUT2D eigenvalue weighted by molar-refractivity contribution is 9.10. The van der Waals surface area contributed by atoms with Crippen LogP contribution >= 0.6 is 15.9 Å². The third-order valence-electron chi connectivity index (χ3n) is 4.83. The van der Waals surface area contributed by atoms with Crippen molar-refractivity contribution in [1.29, 1.82) is 0 Å². The lowest BCUT2D eigenvalue weighted by Gasteiger charge is -2.15. The van der Waals surface area contributed by atoms with Gasteiger partial charge < -0.3 is 5.32 Å². The number of nitrogens with one attached hydrogen (secondary N) is 1. The fraction of sp³-hybridized carbons (Fsp3) is 0.227. The van der Waals surface area contributed by atoms with Gasteiger partial charge in [-0.3, -0.25) is 19.7 Å². The van der Waals surface area contributed by atoms with Crippen LogP contribution in [0, 0.1) is 0 Å². The first-order valence-corrected chi connectivity index (χ1v) is 10.8. The van der Waals surface area contributed by atoms with Crippen LogP contribution in [0.15, 0.2) is 59.6 Å². The molecular formula is C22H21BrN8O. The van der Waals surface area contributed by atoms with E-state index in [4.69, 9.17) is 0 Å². The summed E-state index contributed by atoms with van der Waals surface area (Å²) in [6.07, 6.45) is 6.54. The number of benzene rings is 1. The molecule has 0 saturated carbocycles. The van der Waals surface area contributed by atoms with Crippen molar-refractivity contribution in [3.8, 4) is 16.9 Å². The van der Waals surface area contributed by atoms with Gasteiger partial charge in [-0.2, -0.15) is 4.68 Å². The summed E-state index contributed by atoms with van der Waals surface area (Å²) in [4.78, 5) is 26.0. The smallest absolute Gasteiger partial charge is 0.251 e. The van der Waals surface area contributed by atoms with Crippen LogP contribution in [-0.4, -0.2) is 41.1 Å². The molecule has 3 heterocycles. The van der Waals surface area contributed by atoms with E-state index in [0.29, 0.717) is 22.8 Å². The first-order chi connectivity index (χ1) is 15.4. The Hall–Kier alpha value is -3.53. The molecule has 32 heavy (non-hydrogen) atoms. The van der Waals surface area contributed by atoms with Gasteiger partial charge in [0.05, 0.1) is 29.3 Å². The number of halogens is 1. The zero-order valence-electron chi connectivity index (χ0n) is 17.8. The number of pyridine rings is 1. The van der Waals surface area contributed by atoms with E-state index in [1.807, 2.05) is 39.0 Å². The number of tetrazole rings is 1.